The van der Waals surface area contributed by atoms with Gasteiger partial charge in [-0.3, -0.25) is 0 Å². The molecule has 6 heteroatoms. The van der Waals surface area contributed by atoms with Gasteiger partial charge in [0.25, 0.3) is 0 Å². The van der Waals surface area contributed by atoms with Crippen LogP contribution in [0.4, 0.5) is 0 Å². The maximum Gasteiger partial charge on any atom is 0.243 e. The summed E-state index contributed by atoms with van der Waals surface area (Å²) in [5, 5.41) is 3.20. The minimum absolute atomic E-state index is 0.0886. The molecule has 1 fully saturated rings. The minimum atomic E-state index is -3.46. The summed E-state index contributed by atoms with van der Waals surface area (Å²) in [6.07, 6.45) is -0.0886. The highest BCUT2D eigenvalue weighted by Crippen LogP contribution is 2.20. The van der Waals surface area contributed by atoms with Gasteiger partial charge in [0.15, 0.2) is 0 Å². The summed E-state index contributed by atoms with van der Waals surface area (Å²) in [5.74, 6) is 0. The van der Waals surface area contributed by atoms with Crippen molar-refractivity contribution in [1.29, 1.82) is 0 Å². The zero-order chi connectivity index (χ0) is 14.8. The Kier molecular flexibility index (Phi) is 4.80. The first kappa shape index (κ1) is 15.4. The predicted octanol–water partition coefficient (Wildman–Crippen LogP) is 0.912. The molecule has 1 unspecified atom stereocenters. The van der Waals surface area contributed by atoms with E-state index in [1.54, 1.807) is 13.1 Å². The normalized spacial score (nSPS) is 20.3. The Labute approximate surface area is 121 Å². The summed E-state index contributed by atoms with van der Waals surface area (Å²) in [4.78, 5) is 0.370. The van der Waals surface area contributed by atoms with E-state index in [1.807, 2.05) is 26.0 Å². The van der Waals surface area contributed by atoms with Crippen LogP contribution in [0.2, 0.25) is 0 Å². The van der Waals surface area contributed by atoms with Crippen molar-refractivity contribution in [2.45, 2.75) is 24.8 Å². The zero-order valence-electron chi connectivity index (χ0n) is 12.2. The molecule has 0 radical (unpaired) electrons. The fraction of sp³-hybridized carbons (Fsp3) is 0.571. The van der Waals surface area contributed by atoms with Gasteiger partial charge in [-0.1, -0.05) is 17.7 Å². The molecule has 1 aromatic rings. The second kappa shape index (κ2) is 6.22. The van der Waals surface area contributed by atoms with Crippen LogP contribution in [0, 0.1) is 13.8 Å². The molecule has 1 N–H and O–H groups in total. The van der Waals surface area contributed by atoms with Gasteiger partial charge in [0.1, 0.15) is 0 Å². The minimum Gasteiger partial charge on any atom is -0.374 e. The van der Waals surface area contributed by atoms with Crippen molar-refractivity contribution in [3.05, 3.63) is 29.3 Å². The summed E-state index contributed by atoms with van der Waals surface area (Å²) in [6, 6.07) is 5.39. The van der Waals surface area contributed by atoms with Gasteiger partial charge in [-0.2, -0.15) is 4.31 Å². The van der Waals surface area contributed by atoms with Crippen molar-refractivity contribution in [2.24, 2.45) is 0 Å². The highest BCUT2D eigenvalue weighted by atomic mass is 32.2. The molecule has 0 spiro atoms. The van der Waals surface area contributed by atoms with Crippen molar-refractivity contribution < 1.29 is 13.2 Å². The van der Waals surface area contributed by atoms with Crippen LogP contribution in [0.1, 0.15) is 11.1 Å². The van der Waals surface area contributed by atoms with E-state index in [-0.39, 0.29) is 6.10 Å². The third kappa shape index (κ3) is 3.38. The topological polar surface area (TPSA) is 58.6 Å². The maximum atomic E-state index is 12.6. The van der Waals surface area contributed by atoms with Crippen LogP contribution >= 0.6 is 0 Å². The summed E-state index contributed by atoms with van der Waals surface area (Å²) >= 11 is 0. The van der Waals surface area contributed by atoms with E-state index in [4.69, 9.17) is 4.74 Å². The molecule has 1 atom stereocenters. The molecule has 0 bridgehead atoms. The fourth-order valence-corrected chi connectivity index (χ4v) is 3.78. The lowest BCUT2D eigenvalue weighted by molar-refractivity contribution is 0.0206. The summed E-state index contributed by atoms with van der Waals surface area (Å²) in [6.45, 7) is 6.28. The van der Waals surface area contributed by atoms with Crippen molar-refractivity contribution in [3.8, 4) is 0 Å². The molecule has 2 rings (SSSR count). The lowest BCUT2D eigenvalue weighted by atomic mass is 10.2. The average molecular weight is 298 g/mol. The number of aryl methyl sites for hydroxylation is 2. The van der Waals surface area contributed by atoms with Crippen LogP contribution in [-0.4, -0.2) is 52.1 Å². The number of benzene rings is 1. The largest absolute Gasteiger partial charge is 0.374 e. The number of hydrogen-bond donors (Lipinski definition) is 1. The average Bonchev–Trinajstić information content (AvgIpc) is 2.39. The van der Waals surface area contributed by atoms with Gasteiger partial charge >= 0.3 is 0 Å². The Morgan fingerprint density at radius 2 is 2.15 bits per heavy atom. The Morgan fingerprint density at radius 3 is 2.75 bits per heavy atom. The molecule has 0 aromatic heterocycles. The molecule has 1 aliphatic rings. The van der Waals surface area contributed by atoms with Gasteiger partial charge in [0.2, 0.25) is 10.0 Å². The number of ether oxygens (including phenoxy) is 1. The SMILES string of the molecule is Cc1ccc(S(=O)(=O)N(C)CC2CNCCO2)c(C)c1. The first-order valence-corrected chi connectivity index (χ1v) is 8.21. The van der Waals surface area contributed by atoms with E-state index in [2.05, 4.69) is 5.32 Å². The number of nitrogens with one attached hydrogen (secondary N) is 1. The quantitative estimate of drug-likeness (QED) is 0.898. The number of sulfonamides is 1. The molecule has 0 amide bonds. The molecular formula is C14H22N2O3S. The summed E-state index contributed by atoms with van der Waals surface area (Å²) < 4.78 is 32.1. The highest BCUT2D eigenvalue weighted by Gasteiger charge is 2.26. The lowest BCUT2D eigenvalue weighted by Gasteiger charge is -2.28. The maximum absolute atomic E-state index is 12.6. The lowest BCUT2D eigenvalue weighted by Crippen LogP contribution is -2.45. The Hall–Kier alpha value is -0.950. The molecule has 1 saturated heterocycles. The first-order chi connectivity index (χ1) is 9.41. The third-order valence-corrected chi connectivity index (χ3v) is 5.47. The second-order valence-corrected chi connectivity index (χ2v) is 7.26. The van der Waals surface area contributed by atoms with Gasteiger partial charge in [-0.15, -0.1) is 0 Å². The van der Waals surface area contributed by atoms with Gasteiger partial charge in [-0.05, 0) is 25.5 Å². The van der Waals surface area contributed by atoms with E-state index in [1.165, 1.54) is 4.31 Å². The van der Waals surface area contributed by atoms with Crippen LogP contribution in [-0.2, 0) is 14.8 Å². The van der Waals surface area contributed by atoms with Gasteiger partial charge in [-0.25, -0.2) is 8.42 Å². The summed E-state index contributed by atoms with van der Waals surface area (Å²) in [7, 11) is -1.86. The van der Waals surface area contributed by atoms with Gasteiger partial charge < -0.3 is 10.1 Å². The third-order valence-electron chi connectivity index (χ3n) is 3.48. The van der Waals surface area contributed by atoms with Gasteiger partial charge in [0.05, 0.1) is 17.6 Å². The van der Waals surface area contributed by atoms with Crippen molar-refractivity contribution in [3.63, 3.8) is 0 Å². The number of likely N-dealkylation sites (N-methyl/N-ethyl adjacent to an activating group) is 1. The Morgan fingerprint density at radius 1 is 1.40 bits per heavy atom. The van der Waals surface area contributed by atoms with Crippen molar-refractivity contribution in [2.75, 3.05) is 33.3 Å². The van der Waals surface area contributed by atoms with Crippen LogP contribution in [0.3, 0.4) is 0 Å². The zero-order valence-corrected chi connectivity index (χ0v) is 13.0. The Balaban J connectivity index is 2.16. The van der Waals surface area contributed by atoms with Crippen LogP contribution in [0.25, 0.3) is 0 Å². The van der Waals surface area contributed by atoms with Crippen molar-refractivity contribution >= 4 is 10.0 Å². The first-order valence-electron chi connectivity index (χ1n) is 6.77. The van der Waals surface area contributed by atoms with E-state index >= 15 is 0 Å². The van der Waals surface area contributed by atoms with E-state index < -0.39 is 10.0 Å². The molecule has 1 aromatic carbocycles. The van der Waals surface area contributed by atoms with Crippen LogP contribution < -0.4 is 5.32 Å². The number of nitrogens with zero attached hydrogens (tertiary/aromatic N) is 1. The molecule has 0 aliphatic carbocycles. The molecule has 20 heavy (non-hydrogen) atoms. The van der Waals surface area contributed by atoms with Crippen molar-refractivity contribution in [1.82, 2.24) is 9.62 Å². The Bertz CT molecular complexity index is 566. The molecular weight excluding hydrogens is 276 g/mol. The predicted molar refractivity (Wildman–Crippen MR) is 78.3 cm³/mol. The smallest absolute Gasteiger partial charge is 0.243 e. The molecule has 5 nitrogen and oxygen atoms in total. The van der Waals surface area contributed by atoms with E-state index in [0.29, 0.717) is 24.6 Å². The fourth-order valence-electron chi connectivity index (χ4n) is 2.38. The van der Waals surface area contributed by atoms with E-state index in [9.17, 15) is 8.42 Å². The molecule has 1 aliphatic heterocycles. The molecule has 112 valence electrons. The summed E-state index contributed by atoms with van der Waals surface area (Å²) in [5.41, 5.74) is 1.84. The van der Waals surface area contributed by atoms with Crippen LogP contribution in [0.5, 0.6) is 0 Å². The highest BCUT2D eigenvalue weighted by molar-refractivity contribution is 7.89. The van der Waals surface area contributed by atoms with Crippen LogP contribution in [0.15, 0.2) is 23.1 Å². The standard InChI is InChI=1S/C14H22N2O3S/c1-11-4-5-14(12(2)8-11)20(17,18)16(3)10-13-9-15-6-7-19-13/h4-5,8,13,15H,6-7,9-10H2,1-3H3. The number of rotatable bonds is 4. The van der Waals surface area contributed by atoms with E-state index in [0.717, 1.165) is 17.7 Å². The number of hydrogen-bond acceptors (Lipinski definition) is 4. The van der Waals surface area contributed by atoms with Gasteiger partial charge in [0, 0.05) is 26.7 Å². The molecule has 0 saturated carbocycles. The molecule has 1 heterocycles. The monoisotopic (exact) mass is 298 g/mol. The second-order valence-electron chi connectivity index (χ2n) is 5.25. The number of morpholine rings is 1.